The van der Waals surface area contributed by atoms with Gasteiger partial charge >= 0.3 is 77.1 Å². The van der Waals surface area contributed by atoms with Crippen molar-refractivity contribution >= 4 is 98.5 Å². The molecule has 1 N–H and O–H groups in total. The zero-order valence-corrected chi connectivity index (χ0v) is 90.8. The molecule has 0 saturated carbocycles. The Labute approximate surface area is 808 Å². The van der Waals surface area contributed by atoms with Crippen molar-refractivity contribution in [1.82, 2.24) is 5.32 Å². The van der Waals surface area contributed by atoms with Gasteiger partial charge in [0.05, 0.1) is 60.9 Å². The first kappa shape index (κ1) is 132. The van der Waals surface area contributed by atoms with Gasteiger partial charge in [-0.1, -0.05) is 62.1 Å². The summed E-state index contributed by atoms with van der Waals surface area (Å²) < 4.78 is 350. The first-order chi connectivity index (χ1) is 64.6. The normalized spacial score (nSPS) is 27.7. The molecular formula is C83H152F22N2O22Si9. The predicted molar refractivity (Wildman–Crippen MR) is 496 cm³/mol. The molecule has 0 aliphatic carbocycles. The van der Waals surface area contributed by atoms with E-state index in [0.717, 1.165) is 274 Å². The Morgan fingerprint density at radius 1 is 0.442 bits per heavy atom. The highest BCUT2D eigenvalue weighted by atomic mass is 28.5. The Morgan fingerprint density at radius 3 is 1.01 bits per heavy atom. The summed E-state index contributed by atoms with van der Waals surface area (Å²) in [6.45, 7) is 30.6. The lowest BCUT2D eigenvalue weighted by atomic mass is 10.2. The predicted octanol–water partition coefficient (Wildman–Crippen LogP) is 22.3. The summed E-state index contributed by atoms with van der Waals surface area (Å²) in [6.07, 6.45) is -4.22. The van der Waals surface area contributed by atoms with Gasteiger partial charge in [0.2, 0.25) is 6.93 Å². The van der Waals surface area contributed by atoms with Gasteiger partial charge in [-0.25, -0.2) is 26.7 Å². The van der Waals surface area contributed by atoms with Gasteiger partial charge in [-0.05, 0) is 223 Å². The SMILES string of the molecule is CN(C(=O)C(F)(OF)C(F)(F)F)c1cccc([Si](C)(C)CC[Si]2(C)CCCCO[Si](C)(CCCOCC3CO3)O2)c1.C[Si]1(CCCNC(=O)F)CCCCO[Si](C)(CCCOCC2CO2)O1.C[Si]1(CCCOCC2CO2)CCCCO[Si](C)(CCCOCCCOCCC[Si]2(C)CCCCO[Si](C)(CCCOCC3CO3)O2)O1.FC(F)(F)F.FCC(F)(F)F.FCCF.FCF.FOCC(F)(F)F. The first-order valence-electron chi connectivity index (χ1n) is 47.2. The van der Waals surface area contributed by atoms with Crippen molar-refractivity contribution in [2.24, 2.45) is 0 Å². The number of carbonyl (C=O) groups excluding carboxylic acids is 2. The third-order valence-electron chi connectivity index (χ3n) is 22.9. The second kappa shape index (κ2) is 67.7. The molecule has 8 aliphatic heterocycles. The van der Waals surface area contributed by atoms with E-state index in [1.54, 1.807) is 12.1 Å². The summed E-state index contributed by atoms with van der Waals surface area (Å²) in [5.41, 5.74) is 0.0194. The van der Waals surface area contributed by atoms with Crippen LogP contribution in [0.25, 0.3) is 0 Å². The first-order valence-corrected chi connectivity index (χ1v) is 71.8. The molecule has 0 aromatic heterocycles. The summed E-state index contributed by atoms with van der Waals surface area (Å²) in [7, 11) is -17.9. The third kappa shape index (κ3) is 64.8. The molecule has 55 heteroatoms. The maximum Gasteiger partial charge on any atom is 0.559 e. The number of benzene rings is 1. The number of rotatable bonds is 49. The lowest BCUT2D eigenvalue weighted by Gasteiger charge is -2.41. The van der Waals surface area contributed by atoms with Crippen LogP contribution in [0.4, 0.5) is 107 Å². The van der Waals surface area contributed by atoms with Gasteiger partial charge in [0.15, 0.2) is 46.6 Å². The Kier molecular flexibility index (Phi) is 64.7. The van der Waals surface area contributed by atoms with Gasteiger partial charge < -0.3 is 91.7 Å². The van der Waals surface area contributed by atoms with E-state index in [9.17, 15) is 106 Å². The molecule has 2 amide bonds. The van der Waals surface area contributed by atoms with Gasteiger partial charge in [-0.15, -0.1) is 26.9 Å². The molecule has 816 valence electrons. The number of carbonyl (C=O) groups is 2. The lowest BCUT2D eigenvalue weighted by molar-refractivity contribution is -0.380. The largest absolute Gasteiger partial charge is 0.559 e. The van der Waals surface area contributed by atoms with E-state index in [-0.39, 0.29) is 11.8 Å². The van der Waals surface area contributed by atoms with Crippen LogP contribution in [0.3, 0.4) is 0 Å². The average Bonchev–Trinajstić information content (AvgIpc) is 1.77. The molecule has 1 aromatic carbocycles. The van der Waals surface area contributed by atoms with E-state index in [1.165, 1.54) is 31.0 Å². The van der Waals surface area contributed by atoms with Crippen LogP contribution in [0.5, 0.6) is 0 Å². The number of epoxide rings is 4. The van der Waals surface area contributed by atoms with Gasteiger partial charge in [-0.2, -0.15) is 48.8 Å². The Hall–Kier alpha value is -2.23. The van der Waals surface area contributed by atoms with Crippen molar-refractivity contribution in [1.29, 1.82) is 0 Å². The molecule has 24 nitrogen and oxygen atoms in total. The molecule has 0 spiro atoms. The number of halogens is 22. The van der Waals surface area contributed by atoms with Crippen molar-refractivity contribution in [3.8, 4) is 0 Å². The summed E-state index contributed by atoms with van der Waals surface area (Å²) >= 11 is 0. The number of hydrogen-bond donors (Lipinski definition) is 1. The van der Waals surface area contributed by atoms with Crippen LogP contribution in [0.1, 0.15) is 103 Å². The Balaban J connectivity index is 0.000000637. The fraction of sp³-hybridized carbons (Fsp3) is 0.904. The maximum atomic E-state index is 14.2. The molecule has 0 radical (unpaired) electrons. The quantitative estimate of drug-likeness (QED) is 0.0159. The van der Waals surface area contributed by atoms with Gasteiger partial charge in [0, 0.05) is 98.6 Å². The number of nitrogens with one attached hydrogen (secondary N) is 1. The van der Waals surface area contributed by atoms with Crippen molar-refractivity contribution in [2.75, 3.05) is 184 Å². The number of alkyl halides is 19. The molecule has 8 aliphatic rings. The van der Waals surface area contributed by atoms with Crippen LogP contribution in [-0.4, -0.2) is 322 Å². The van der Waals surface area contributed by atoms with Gasteiger partial charge in [0.1, 0.15) is 37.8 Å². The molecular weight excluding hydrogens is 2050 g/mol. The second-order valence-corrected chi connectivity index (χ2v) is 73.0. The smallest absolute Gasteiger partial charge is 0.436 e. The number of amides is 2. The van der Waals surface area contributed by atoms with Crippen molar-refractivity contribution < 1.29 is 198 Å². The van der Waals surface area contributed by atoms with Gasteiger partial charge in [0.25, 0.3) is 0 Å². The molecule has 8 heterocycles. The lowest BCUT2D eigenvalue weighted by Crippen LogP contribution is -2.55. The van der Waals surface area contributed by atoms with E-state index in [2.05, 4.69) is 80.7 Å². The van der Waals surface area contributed by atoms with E-state index < -0.39 is 152 Å². The number of hydrogen-bond acceptors (Lipinski definition) is 22. The number of likely N-dealkylation sites (N-methyl/N-ethyl adjacent to an activating group) is 1. The summed E-state index contributed by atoms with van der Waals surface area (Å²) in [5, 5.41) is 3.11. The minimum absolute atomic E-state index is 0.0194. The minimum atomic E-state index is -5.88. The van der Waals surface area contributed by atoms with Gasteiger partial charge in [-0.3, -0.25) is 4.79 Å². The van der Waals surface area contributed by atoms with E-state index >= 15 is 0 Å². The van der Waals surface area contributed by atoms with Crippen LogP contribution >= 0.6 is 0 Å². The molecule has 8 saturated heterocycles. The summed E-state index contributed by atoms with van der Waals surface area (Å²) in [5.74, 6) is -7.28. The van der Waals surface area contributed by atoms with Crippen LogP contribution in [0.15, 0.2) is 24.3 Å². The number of ether oxygens (including phenoxy) is 10. The fourth-order valence-electron chi connectivity index (χ4n) is 15.3. The van der Waals surface area contributed by atoms with Crippen LogP contribution in [-0.2, 0) is 96.2 Å². The molecule has 13 atom stereocenters. The fourth-order valence-corrected chi connectivity index (χ4v) is 57.6. The Bertz CT molecular complexity index is 3290. The van der Waals surface area contributed by atoms with E-state index in [0.29, 0.717) is 56.2 Å². The topological polar surface area (TPSA) is 247 Å². The number of nitrogens with zero attached hydrogens (tertiary/aromatic N) is 1. The molecule has 8 fully saturated rings. The molecule has 1 aromatic rings. The van der Waals surface area contributed by atoms with Crippen molar-refractivity contribution in [3.05, 3.63) is 24.3 Å². The van der Waals surface area contributed by atoms with Crippen LogP contribution in [0.2, 0.25) is 144 Å². The number of anilines is 1. The minimum Gasteiger partial charge on any atom is -0.436 e. The monoisotopic (exact) mass is 2200 g/mol. The molecule has 138 heavy (non-hydrogen) atoms. The van der Waals surface area contributed by atoms with Crippen LogP contribution < -0.4 is 15.4 Å². The van der Waals surface area contributed by atoms with E-state index in [4.69, 9.17) is 81.5 Å². The summed E-state index contributed by atoms with van der Waals surface area (Å²) in [4.78, 5) is 27.9. The zero-order chi connectivity index (χ0) is 104. The Morgan fingerprint density at radius 2 is 0.739 bits per heavy atom. The average molecular weight is 2200 g/mol. The molecule has 13 unspecified atom stereocenters. The maximum absolute atomic E-state index is 14.2. The standard InChI is InChI=1S/C33H68O10Si4.C26H42F5NO6Si3.C16H32FNO5Si2.C2H2F4O.C2H2F4.C2H4F2.CF4.CH2F2/c1-44(22-7-5-21-41-47(4,42-44)27-13-19-37-29-33-31-39-33)24-10-16-34-14-9-15-35-17-12-26-46(3)40-20-6-8-23-45(2,43-46)25-11-18-36-28-32-30-38-32;1-32(24(33)25(27,37-31)26(28,29)30)21-10-8-11-23(18-21)39(2,3)16-17-40(4)14-7-6-13-36-41(5,38-40)15-9-12-34-19-22-20-35-22;1-24(11-5-7-18-16(17)19)10-4-3-9-22-25(2,23-24)12-6-8-20-13-15-14-21-15;3-2(4,5)1-7-6;3-1-2(4,5)6;3-1-2-4;2-1(3,4)5;2-1-3/h32-33H,5-31H2,1-4H3;8,10-11,18,22H,6-7,9,12-17,19-20H2,1-5H3;15H,3-14H2,1-2H3,(H,18,19);1H2;1H2;1-2H2;;1H2. The zero-order valence-electron chi connectivity index (χ0n) is 81.8. The van der Waals surface area contributed by atoms with Crippen LogP contribution in [0, 0.1) is 0 Å². The van der Waals surface area contributed by atoms with Crippen molar-refractivity contribution in [3.63, 3.8) is 0 Å². The van der Waals surface area contributed by atoms with Crippen molar-refractivity contribution in [2.45, 2.75) is 302 Å². The summed E-state index contributed by atoms with van der Waals surface area (Å²) in [6, 6.07) is 19.8. The second-order valence-electron chi connectivity index (χ2n) is 37.1. The highest BCUT2D eigenvalue weighted by Crippen LogP contribution is 2.41. The molecule has 9 rings (SSSR count). The molecule has 0 bridgehead atoms. The highest BCUT2D eigenvalue weighted by Gasteiger charge is 2.67. The highest BCUT2D eigenvalue weighted by molar-refractivity contribution is 6.92. The third-order valence-corrected chi connectivity index (χ3v) is 61.0. The van der Waals surface area contributed by atoms with E-state index in [1.807, 2.05) is 6.07 Å².